The molecule has 0 aromatic rings. The van der Waals surface area contributed by atoms with Gasteiger partial charge < -0.3 is 5.73 Å². The lowest BCUT2D eigenvalue weighted by Gasteiger charge is -2.34. The minimum absolute atomic E-state index is 0. The molecule has 4 nitrogen and oxygen atoms in total. The molecule has 1 heterocycles. The Morgan fingerprint density at radius 2 is 2.07 bits per heavy atom. The smallest absolute Gasteiger partial charge is 0.214 e. The number of halogens is 1. The lowest BCUT2D eigenvalue weighted by Crippen LogP contribution is -2.48. The summed E-state index contributed by atoms with van der Waals surface area (Å²) in [4.78, 5) is 0. The molecule has 0 aliphatic carbocycles. The third kappa shape index (κ3) is 3.90. The Balaban J connectivity index is 0.00000196. The van der Waals surface area contributed by atoms with Crippen molar-refractivity contribution < 1.29 is 8.42 Å². The number of hydrogen-bond donors (Lipinski definition) is 1. The minimum atomic E-state index is -3.01. The van der Waals surface area contributed by atoms with Crippen LogP contribution < -0.4 is 5.73 Å². The van der Waals surface area contributed by atoms with E-state index in [0.717, 1.165) is 6.42 Å². The summed E-state index contributed by atoms with van der Waals surface area (Å²) in [5.74, 6) is 0.532. The molecule has 0 bridgehead atoms. The van der Waals surface area contributed by atoms with E-state index in [4.69, 9.17) is 5.73 Å². The standard InChI is InChI=1S/C9H20N2O2S.ClH/c1-3-6-14(12,13)11-5-4-9(10)8(2)7-11;/h8-9H,3-7,10H2,1-2H3;1H. The molecular formula is C9H21ClN2O2S. The van der Waals surface area contributed by atoms with Crippen molar-refractivity contribution in [3.05, 3.63) is 0 Å². The number of piperidine rings is 1. The summed E-state index contributed by atoms with van der Waals surface area (Å²) in [6.07, 6.45) is 1.46. The minimum Gasteiger partial charge on any atom is -0.327 e. The summed E-state index contributed by atoms with van der Waals surface area (Å²) >= 11 is 0. The van der Waals surface area contributed by atoms with Crippen molar-refractivity contribution in [1.29, 1.82) is 0 Å². The van der Waals surface area contributed by atoms with E-state index in [2.05, 4.69) is 0 Å². The van der Waals surface area contributed by atoms with Gasteiger partial charge in [-0.25, -0.2) is 12.7 Å². The van der Waals surface area contributed by atoms with Crippen LogP contribution in [0.2, 0.25) is 0 Å². The maximum absolute atomic E-state index is 11.7. The van der Waals surface area contributed by atoms with Crippen molar-refractivity contribution in [3.8, 4) is 0 Å². The number of hydrogen-bond acceptors (Lipinski definition) is 3. The Morgan fingerprint density at radius 1 is 1.47 bits per heavy atom. The lowest BCUT2D eigenvalue weighted by molar-refractivity contribution is 0.250. The summed E-state index contributed by atoms with van der Waals surface area (Å²) in [6.45, 7) is 5.08. The zero-order chi connectivity index (χ0) is 10.8. The van der Waals surface area contributed by atoms with Gasteiger partial charge in [-0.3, -0.25) is 0 Å². The summed E-state index contributed by atoms with van der Waals surface area (Å²) in [5, 5.41) is 0. The lowest BCUT2D eigenvalue weighted by atomic mass is 9.96. The van der Waals surface area contributed by atoms with E-state index >= 15 is 0 Å². The van der Waals surface area contributed by atoms with Gasteiger partial charge in [-0.05, 0) is 18.8 Å². The molecule has 0 saturated carbocycles. The molecule has 92 valence electrons. The van der Waals surface area contributed by atoms with Crippen LogP contribution in [0.4, 0.5) is 0 Å². The molecule has 0 amide bonds. The highest BCUT2D eigenvalue weighted by atomic mass is 35.5. The largest absolute Gasteiger partial charge is 0.327 e. The van der Waals surface area contributed by atoms with Crippen LogP contribution in [0.5, 0.6) is 0 Å². The number of sulfonamides is 1. The van der Waals surface area contributed by atoms with Crippen molar-refractivity contribution in [2.24, 2.45) is 11.7 Å². The average Bonchev–Trinajstić information content (AvgIpc) is 2.09. The number of nitrogens with zero attached hydrogens (tertiary/aromatic N) is 1. The van der Waals surface area contributed by atoms with E-state index in [9.17, 15) is 8.42 Å². The second kappa shape index (κ2) is 6.03. The van der Waals surface area contributed by atoms with Crippen molar-refractivity contribution in [2.75, 3.05) is 18.8 Å². The fraction of sp³-hybridized carbons (Fsp3) is 1.00. The van der Waals surface area contributed by atoms with E-state index < -0.39 is 10.0 Å². The highest BCUT2D eigenvalue weighted by Crippen LogP contribution is 2.18. The second-order valence-electron chi connectivity index (χ2n) is 4.10. The fourth-order valence-corrected chi connectivity index (χ4v) is 3.39. The Morgan fingerprint density at radius 3 is 2.53 bits per heavy atom. The van der Waals surface area contributed by atoms with Crippen LogP contribution in [-0.2, 0) is 10.0 Å². The van der Waals surface area contributed by atoms with Gasteiger partial charge in [-0.1, -0.05) is 13.8 Å². The molecule has 15 heavy (non-hydrogen) atoms. The predicted molar refractivity (Wildman–Crippen MR) is 64.7 cm³/mol. The van der Waals surface area contributed by atoms with Gasteiger partial charge >= 0.3 is 0 Å². The van der Waals surface area contributed by atoms with Gasteiger partial charge in [0, 0.05) is 19.1 Å². The molecule has 1 rings (SSSR count). The van der Waals surface area contributed by atoms with Gasteiger partial charge in [-0.2, -0.15) is 0 Å². The maximum Gasteiger partial charge on any atom is 0.214 e. The quantitative estimate of drug-likeness (QED) is 0.813. The monoisotopic (exact) mass is 256 g/mol. The van der Waals surface area contributed by atoms with Crippen LogP contribution in [0.25, 0.3) is 0 Å². The Kier molecular flexibility index (Phi) is 6.10. The zero-order valence-corrected chi connectivity index (χ0v) is 11.0. The van der Waals surface area contributed by atoms with Gasteiger partial charge in [0.05, 0.1) is 5.75 Å². The van der Waals surface area contributed by atoms with E-state index in [0.29, 0.717) is 19.5 Å². The van der Waals surface area contributed by atoms with Gasteiger partial charge in [0.2, 0.25) is 10.0 Å². The van der Waals surface area contributed by atoms with Crippen molar-refractivity contribution >= 4 is 22.4 Å². The third-order valence-corrected chi connectivity index (χ3v) is 4.83. The Labute approximate surface area is 98.7 Å². The maximum atomic E-state index is 11.7. The van der Waals surface area contributed by atoms with Crippen molar-refractivity contribution in [3.63, 3.8) is 0 Å². The van der Waals surface area contributed by atoms with Crippen LogP contribution in [0.3, 0.4) is 0 Å². The first-order valence-corrected chi connectivity index (χ1v) is 6.81. The van der Waals surface area contributed by atoms with Crippen LogP contribution >= 0.6 is 12.4 Å². The second-order valence-corrected chi connectivity index (χ2v) is 6.19. The molecule has 1 saturated heterocycles. The van der Waals surface area contributed by atoms with Crippen molar-refractivity contribution in [2.45, 2.75) is 32.7 Å². The van der Waals surface area contributed by atoms with E-state index in [1.807, 2.05) is 13.8 Å². The van der Waals surface area contributed by atoms with Crippen molar-refractivity contribution in [1.82, 2.24) is 4.31 Å². The highest BCUT2D eigenvalue weighted by Gasteiger charge is 2.29. The van der Waals surface area contributed by atoms with Gasteiger partial charge in [0.15, 0.2) is 0 Å². The Hall–Kier alpha value is 0.160. The molecule has 0 aromatic carbocycles. The van der Waals surface area contributed by atoms with E-state index in [1.165, 1.54) is 0 Å². The van der Waals surface area contributed by atoms with Gasteiger partial charge in [0.1, 0.15) is 0 Å². The first-order valence-electron chi connectivity index (χ1n) is 5.20. The zero-order valence-electron chi connectivity index (χ0n) is 9.35. The predicted octanol–water partition coefficient (Wildman–Crippen LogP) is 0.817. The number of rotatable bonds is 3. The van der Waals surface area contributed by atoms with Crippen LogP contribution in [0.15, 0.2) is 0 Å². The summed E-state index contributed by atoms with van der Waals surface area (Å²) in [6, 6.07) is 0.156. The molecule has 6 heteroatoms. The van der Waals surface area contributed by atoms with Crippen LogP contribution in [-0.4, -0.2) is 37.6 Å². The van der Waals surface area contributed by atoms with E-state index in [-0.39, 0.29) is 30.1 Å². The molecule has 1 fully saturated rings. The third-order valence-electron chi connectivity index (χ3n) is 2.79. The highest BCUT2D eigenvalue weighted by molar-refractivity contribution is 7.89. The summed E-state index contributed by atoms with van der Waals surface area (Å²) < 4.78 is 25.0. The first kappa shape index (κ1) is 15.2. The van der Waals surface area contributed by atoms with Crippen LogP contribution in [0.1, 0.15) is 26.7 Å². The summed E-state index contributed by atoms with van der Waals surface area (Å²) in [7, 11) is -3.01. The molecule has 0 radical (unpaired) electrons. The average molecular weight is 257 g/mol. The number of nitrogens with two attached hydrogens (primary N) is 1. The van der Waals surface area contributed by atoms with Gasteiger partial charge in [-0.15, -0.1) is 12.4 Å². The molecule has 2 atom stereocenters. The Bertz CT molecular complexity index is 282. The molecule has 0 aromatic heterocycles. The normalized spacial score (nSPS) is 28.5. The topological polar surface area (TPSA) is 63.4 Å². The fourth-order valence-electron chi connectivity index (χ4n) is 1.77. The molecule has 2 N–H and O–H groups in total. The SMILES string of the molecule is CCCS(=O)(=O)N1CCC(N)C(C)C1.Cl. The molecule has 0 spiro atoms. The van der Waals surface area contributed by atoms with Gasteiger partial charge in [0.25, 0.3) is 0 Å². The summed E-state index contributed by atoms with van der Waals surface area (Å²) in [5.41, 5.74) is 5.84. The first-order chi connectivity index (χ1) is 6.47. The van der Waals surface area contributed by atoms with E-state index in [1.54, 1.807) is 4.31 Å². The molecule has 1 aliphatic rings. The molecular weight excluding hydrogens is 236 g/mol. The molecule has 2 unspecified atom stereocenters. The molecule has 1 aliphatic heterocycles. The van der Waals surface area contributed by atoms with Crippen LogP contribution in [0, 0.1) is 5.92 Å².